The van der Waals surface area contributed by atoms with E-state index < -0.39 is 10.0 Å². The summed E-state index contributed by atoms with van der Waals surface area (Å²) in [6, 6.07) is 5.68. The van der Waals surface area contributed by atoms with Crippen LogP contribution in [0, 0.1) is 6.92 Å². The van der Waals surface area contributed by atoms with E-state index in [0.717, 1.165) is 22.9 Å². The molecular formula is C11H14N2O3S. The molecule has 1 aromatic heterocycles. The molecular weight excluding hydrogens is 240 g/mol. The minimum atomic E-state index is -3.12. The number of benzene rings is 1. The molecule has 1 heterocycles. The third-order valence-corrected chi connectivity index (χ3v) is 3.07. The maximum Gasteiger partial charge on any atom is 0.208 e. The predicted octanol–water partition coefficient (Wildman–Crippen LogP) is 1.23. The van der Waals surface area contributed by atoms with Crippen LogP contribution >= 0.6 is 0 Å². The summed E-state index contributed by atoms with van der Waals surface area (Å²) in [6.07, 6.45) is 1.78. The fourth-order valence-electron chi connectivity index (χ4n) is 1.62. The van der Waals surface area contributed by atoms with Gasteiger partial charge in [-0.1, -0.05) is 6.07 Å². The first-order valence-corrected chi connectivity index (χ1v) is 7.14. The van der Waals surface area contributed by atoms with Gasteiger partial charge in [0.1, 0.15) is 5.52 Å². The number of sulfonamides is 1. The normalized spacial score (nSPS) is 12.1. The summed E-state index contributed by atoms with van der Waals surface area (Å²) in [5, 5.41) is 0. The summed E-state index contributed by atoms with van der Waals surface area (Å²) >= 11 is 0. The third-order valence-electron chi connectivity index (χ3n) is 2.34. The first-order valence-electron chi connectivity index (χ1n) is 5.25. The summed E-state index contributed by atoms with van der Waals surface area (Å²) in [5.74, 6) is 0.631. The van der Waals surface area contributed by atoms with Crippen LogP contribution in [0.5, 0.6) is 0 Å². The molecule has 0 bridgehead atoms. The highest BCUT2D eigenvalue weighted by atomic mass is 32.2. The number of aryl methyl sites for hydroxylation is 1. The minimum absolute atomic E-state index is 0.390. The molecule has 0 amide bonds. The Bertz CT molecular complexity index is 631. The van der Waals surface area contributed by atoms with Gasteiger partial charge >= 0.3 is 0 Å². The molecule has 2 rings (SSSR count). The Hall–Kier alpha value is -1.40. The third kappa shape index (κ3) is 3.28. The second-order valence-electron chi connectivity index (χ2n) is 3.95. The molecule has 0 radical (unpaired) electrons. The SMILES string of the molecule is Cc1nc2cc(CCNS(C)(=O)=O)ccc2o1. The van der Waals surface area contributed by atoms with Crippen molar-refractivity contribution in [1.82, 2.24) is 9.71 Å². The fraction of sp³-hybridized carbons (Fsp3) is 0.364. The van der Waals surface area contributed by atoms with Crippen molar-refractivity contribution in [2.75, 3.05) is 12.8 Å². The van der Waals surface area contributed by atoms with Crippen LogP contribution in [-0.2, 0) is 16.4 Å². The van der Waals surface area contributed by atoms with Gasteiger partial charge in [0.2, 0.25) is 10.0 Å². The number of fused-ring (bicyclic) bond motifs is 1. The van der Waals surface area contributed by atoms with E-state index in [2.05, 4.69) is 9.71 Å². The summed E-state index contributed by atoms with van der Waals surface area (Å²) in [4.78, 5) is 4.23. The minimum Gasteiger partial charge on any atom is -0.441 e. The van der Waals surface area contributed by atoms with Gasteiger partial charge in [-0.2, -0.15) is 0 Å². The summed E-state index contributed by atoms with van der Waals surface area (Å²) in [6.45, 7) is 2.19. The quantitative estimate of drug-likeness (QED) is 0.890. The first-order chi connectivity index (χ1) is 7.94. The van der Waals surface area contributed by atoms with Crippen LogP contribution in [-0.4, -0.2) is 26.2 Å². The lowest BCUT2D eigenvalue weighted by atomic mass is 10.1. The molecule has 0 aliphatic rings. The monoisotopic (exact) mass is 254 g/mol. The molecule has 5 nitrogen and oxygen atoms in total. The Labute approximate surface area is 99.9 Å². The molecule has 0 atom stereocenters. The zero-order valence-corrected chi connectivity index (χ0v) is 10.5. The average molecular weight is 254 g/mol. The van der Waals surface area contributed by atoms with Gasteiger partial charge in [0.15, 0.2) is 11.5 Å². The number of hydrogen-bond acceptors (Lipinski definition) is 4. The Morgan fingerprint density at radius 3 is 2.88 bits per heavy atom. The van der Waals surface area contributed by atoms with Crippen molar-refractivity contribution in [1.29, 1.82) is 0 Å². The number of rotatable bonds is 4. The van der Waals surface area contributed by atoms with E-state index in [4.69, 9.17) is 4.42 Å². The topological polar surface area (TPSA) is 72.2 Å². The van der Waals surface area contributed by atoms with E-state index in [1.807, 2.05) is 18.2 Å². The second-order valence-corrected chi connectivity index (χ2v) is 5.78. The van der Waals surface area contributed by atoms with E-state index in [9.17, 15) is 8.42 Å². The van der Waals surface area contributed by atoms with Gasteiger partial charge in [0, 0.05) is 13.5 Å². The Morgan fingerprint density at radius 1 is 1.41 bits per heavy atom. The molecule has 6 heteroatoms. The van der Waals surface area contributed by atoms with Crippen molar-refractivity contribution < 1.29 is 12.8 Å². The number of aromatic nitrogens is 1. The van der Waals surface area contributed by atoms with E-state index in [1.54, 1.807) is 6.92 Å². The van der Waals surface area contributed by atoms with Crippen molar-refractivity contribution >= 4 is 21.1 Å². The van der Waals surface area contributed by atoms with Gasteiger partial charge < -0.3 is 4.42 Å². The number of oxazole rings is 1. The zero-order valence-electron chi connectivity index (χ0n) is 9.73. The van der Waals surface area contributed by atoms with Gasteiger partial charge in [-0.25, -0.2) is 18.1 Å². The van der Waals surface area contributed by atoms with Crippen molar-refractivity contribution in [2.45, 2.75) is 13.3 Å². The molecule has 0 aliphatic heterocycles. The Balaban J connectivity index is 2.09. The van der Waals surface area contributed by atoms with Crippen LogP contribution in [0.25, 0.3) is 11.1 Å². The van der Waals surface area contributed by atoms with Crippen LogP contribution in [0.2, 0.25) is 0 Å². The van der Waals surface area contributed by atoms with Gasteiger partial charge in [-0.05, 0) is 24.1 Å². The number of nitrogens with one attached hydrogen (secondary N) is 1. The van der Waals surface area contributed by atoms with Crippen molar-refractivity contribution in [2.24, 2.45) is 0 Å². The standard InChI is InChI=1S/C11H14N2O3S/c1-8-13-10-7-9(3-4-11(10)16-8)5-6-12-17(2,14)15/h3-4,7,12H,5-6H2,1-2H3. The van der Waals surface area contributed by atoms with E-state index in [0.29, 0.717) is 18.9 Å². The van der Waals surface area contributed by atoms with E-state index >= 15 is 0 Å². The number of nitrogens with zero attached hydrogens (tertiary/aromatic N) is 1. The van der Waals surface area contributed by atoms with E-state index in [-0.39, 0.29) is 0 Å². The van der Waals surface area contributed by atoms with Crippen LogP contribution in [0.1, 0.15) is 11.5 Å². The maximum atomic E-state index is 10.9. The molecule has 2 aromatic rings. The van der Waals surface area contributed by atoms with Crippen molar-refractivity contribution in [3.8, 4) is 0 Å². The maximum absolute atomic E-state index is 10.9. The molecule has 17 heavy (non-hydrogen) atoms. The second kappa shape index (κ2) is 4.46. The van der Waals surface area contributed by atoms with Crippen LogP contribution < -0.4 is 4.72 Å². The lowest BCUT2D eigenvalue weighted by molar-refractivity contribution is 0.561. The first kappa shape index (κ1) is 12.1. The fourth-order valence-corrected chi connectivity index (χ4v) is 2.10. The molecule has 0 saturated carbocycles. The molecule has 1 aromatic carbocycles. The van der Waals surface area contributed by atoms with Crippen LogP contribution in [0.4, 0.5) is 0 Å². The largest absolute Gasteiger partial charge is 0.441 e. The smallest absolute Gasteiger partial charge is 0.208 e. The summed E-state index contributed by atoms with van der Waals surface area (Å²) in [5.41, 5.74) is 2.59. The van der Waals surface area contributed by atoms with Gasteiger partial charge in [-0.3, -0.25) is 0 Å². The predicted molar refractivity (Wildman–Crippen MR) is 65.3 cm³/mol. The van der Waals surface area contributed by atoms with E-state index in [1.165, 1.54) is 0 Å². The van der Waals surface area contributed by atoms with Crippen molar-refractivity contribution in [3.63, 3.8) is 0 Å². The molecule has 1 N–H and O–H groups in total. The number of hydrogen-bond donors (Lipinski definition) is 1. The summed E-state index contributed by atoms with van der Waals surface area (Å²) in [7, 11) is -3.12. The molecule has 0 saturated heterocycles. The molecule has 0 aliphatic carbocycles. The molecule has 0 unspecified atom stereocenters. The lowest BCUT2D eigenvalue weighted by Crippen LogP contribution is -2.24. The zero-order chi connectivity index (χ0) is 12.5. The van der Waals surface area contributed by atoms with Gasteiger partial charge in [-0.15, -0.1) is 0 Å². The summed E-state index contributed by atoms with van der Waals surface area (Å²) < 4.78 is 29.6. The van der Waals surface area contributed by atoms with Gasteiger partial charge in [0.05, 0.1) is 6.26 Å². The Kier molecular flexibility index (Phi) is 3.17. The van der Waals surface area contributed by atoms with Crippen molar-refractivity contribution in [3.05, 3.63) is 29.7 Å². The van der Waals surface area contributed by atoms with Crippen LogP contribution in [0.3, 0.4) is 0 Å². The lowest BCUT2D eigenvalue weighted by Gasteiger charge is -2.02. The molecule has 92 valence electrons. The highest BCUT2D eigenvalue weighted by Crippen LogP contribution is 2.16. The van der Waals surface area contributed by atoms with Gasteiger partial charge in [0.25, 0.3) is 0 Å². The highest BCUT2D eigenvalue weighted by molar-refractivity contribution is 7.88. The molecule has 0 spiro atoms. The average Bonchev–Trinajstić information content (AvgIpc) is 2.55. The Morgan fingerprint density at radius 2 is 2.18 bits per heavy atom. The molecule has 0 fully saturated rings. The van der Waals surface area contributed by atoms with Crippen LogP contribution in [0.15, 0.2) is 22.6 Å². The highest BCUT2D eigenvalue weighted by Gasteiger charge is 2.04.